The number of thiocarbonyl (C=S) groups is 1. The number of amides is 1. The third kappa shape index (κ3) is 5.14. The first-order chi connectivity index (χ1) is 15.0. The van der Waals surface area contributed by atoms with Crippen molar-refractivity contribution in [1.82, 2.24) is 5.32 Å². The highest BCUT2D eigenvalue weighted by molar-refractivity contribution is 7.80. The number of anilines is 1. The number of ether oxygens (including phenoxy) is 3. The van der Waals surface area contributed by atoms with Crippen LogP contribution in [0, 0.1) is 0 Å². The normalized spacial score (nSPS) is 10.3. The van der Waals surface area contributed by atoms with Crippen molar-refractivity contribution in [2.24, 2.45) is 0 Å². The molecule has 0 spiro atoms. The highest BCUT2D eigenvalue weighted by Crippen LogP contribution is 2.33. The molecule has 3 rings (SSSR count). The van der Waals surface area contributed by atoms with E-state index in [0.717, 1.165) is 0 Å². The summed E-state index contributed by atoms with van der Waals surface area (Å²) in [6, 6.07) is 13.6. The van der Waals surface area contributed by atoms with E-state index in [0.29, 0.717) is 45.6 Å². The number of methoxy groups -OCH3 is 3. The standard InChI is InChI=1S/C22H22N2O6S/c1-27-14-5-8-17(20(11-14)29-3)21(26)24-22(31)23-13-4-7-16(19(10-13)28-2)18-9-6-15(12-25)30-18/h4-11,25H,12H2,1-3H3,(H2,23,24,26,31). The average Bonchev–Trinajstić information content (AvgIpc) is 3.27. The molecule has 0 aliphatic carbocycles. The van der Waals surface area contributed by atoms with E-state index >= 15 is 0 Å². The third-order valence-electron chi connectivity index (χ3n) is 4.42. The van der Waals surface area contributed by atoms with Gasteiger partial charge < -0.3 is 29.1 Å². The monoisotopic (exact) mass is 442 g/mol. The van der Waals surface area contributed by atoms with E-state index < -0.39 is 5.91 Å². The van der Waals surface area contributed by atoms with Crippen LogP contribution in [0.3, 0.4) is 0 Å². The van der Waals surface area contributed by atoms with Gasteiger partial charge in [-0.2, -0.15) is 0 Å². The lowest BCUT2D eigenvalue weighted by Gasteiger charge is -2.14. The summed E-state index contributed by atoms with van der Waals surface area (Å²) >= 11 is 5.27. The molecule has 9 heteroatoms. The minimum absolute atomic E-state index is 0.109. The third-order valence-corrected chi connectivity index (χ3v) is 4.63. The van der Waals surface area contributed by atoms with Gasteiger partial charge in [-0.25, -0.2) is 0 Å². The first-order valence-electron chi connectivity index (χ1n) is 9.21. The Hall–Kier alpha value is -3.56. The van der Waals surface area contributed by atoms with E-state index in [1.54, 1.807) is 48.5 Å². The molecule has 0 fully saturated rings. The molecule has 31 heavy (non-hydrogen) atoms. The van der Waals surface area contributed by atoms with Gasteiger partial charge in [0, 0.05) is 17.8 Å². The smallest absolute Gasteiger partial charge is 0.261 e. The van der Waals surface area contributed by atoms with Crippen molar-refractivity contribution in [3.05, 3.63) is 59.9 Å². The summed E-state index contributed by atoms with van der Waals surface area (Å²) in [5.74, 6) is 2.07. The van der Waals surface area contributed by atoms with Crippen LogP contribution in [-0.2, 0) is 6.61 Å². The van der Waals surface area contributed by atoms with Gasteiger partial charge in [0.2, 0.25) is 0 Å². The molecule has 8 nitrogen and oxygen atoms in total. The highest BCUT2D eigenvalue weighted by atomic mass is 32.1. The maximum Gasteiger partial charge on any atom is 0.261 e. The molecule has 1 heterocycles. The van der Waals surface area contributed by atoms with Gasteiger partial charge in [-0.15, -0.1) is 0 Å². The van der Waals surface area contributed by atoms with Gasteiger partial charge in [-0.3, -0.25) is 10.1 Å². The quantitative estimate of drug-likeness (QED) is 0.477. The largest absolute Gasteiger partial charge is 0.497 e. The molecule has 0 aliphatic heterocycles. The Kier molecular flexibility index (Phi) is 7.11. The number of benzene rings is 2. The van der Waals surface area contributed by atoms with Crippen molar-refractivity contribution in [3.63, 3.8) is 0 Å². The summed E-state index contributed by atoms with van der Waals surface area (Å²) in [5.41, 5.74) is 1.64. The molecule has 0 saturated carbocycles. The summed E-state index contributed by atoms with van der Waals surface area (Å²) in [6.45, 7) is -0.186. The molecule has 0 bridgehead atoms. The Morgan fingerprint density at radius 1 is 1.00 bits per heavy atom. The van der Waals surface area contributed by atoms with E-state index in [9.17, 15) is 9.90 Å². The zero-order valence-corrected chi connectivity index (χ0v) is 18.0. The number of aliphatic hydroxyl groups is 1. The van der Waals surface area contributed by atoms with Crippen LogP contribution >= 0.6 is 12.2 Å². The fourth-order valence-electron chi connectivity index (χ4n) is 2.90. The SMILES string of the molecule is COc1ccc(C(=O)NC(=S)Nc2ccc(-c3ccc(CO)o3)c(OC)c2)c(OC)c1. The van der Waals surface area contributed by atoms with Crippen LogP contribution in [-0.4, -0.2) is 37.5 Å². The Morgan fingerprint density at radius 3 is 2.42 bits per heavy atom. The van der Waals surface area contributed by atoms with Gasteiger partial charge in [0.25, 0.3) is 5.91 Å². The Bertz CT molecular complexity index is 1100. The Labute approximate surface area is 184 Å². The molecule has 0 unspecified atom stereocenters. The molecule has 0 atom stereocenters. The predicted molar refractivity (Wildman–Crippen MR) is 120 cm³/mol. The molecular formula is C22H22N2O6S. The van der Waals surface area contributed by atoms with Crippen LogP contribution in [0.5, 0.6) is 17.2 Å². The minimum atomic E-state index is -0.423. The lowest BCUT2D eigenvalue weighted by molar-refractivity contribution is 0.0974. The fraction of sp³-hybridized carbons (Fsp3) is 0.182. The van der Waals surface area contributed by atoms with E-state index in [1.165, 1.54) is 21.3 Å². The van der Waals surface area contributed by atoms with Gasteiger partial charge in [-0.1, -0.05) is 0 Å². The van der Waals surface area contributed by atoms with Gasteiger partial charge in [0.15, 0.2) is 5.11 Å². The minimum Gasteiger partial charge on any atom is -0.497 e. The van der Waals surface area contributed by atoms with Crippen LogP contribution in [0.25, 0.3) is 11.3 Å². The molecule has 0 aliphatic rings. The number of hydrogen-bond donors (Lipinski definition) is 3. The lowest BCUT2D eigenvalue weighted by Crippen LogP contribution is -2.34. The van der Waals surface area contributed by atoms with E-state index in [1.807, 2.05) is 0 Å². The number of aliphatic hydroxyl groups excluding tert-OH is 1. The van der Waals surface area contributed by atoms with Crippen molar-refractivity contribution < 1.29 is 28.5 Å². The molecule has 0 radical (unpaired) electrons. The van der Waals surface area contributed by atoms with Crippen LogP contribution in [0.1, 0.15) is 16.1 Å². The Balaban J connectivity index is 1.72. The molecule has 1 aromatic heterocycles. The summed E-state index contributed by atoms with van der Waals surface area (Å²) in [4.78, 5) is 12.6. The van der Waals surface area contributed by atoms with Crippen LogP contribution in [0.4, 0.5) is 5.69 Å². The zero-order chi connectivity index (χ0) is 22.4. The van der Waals surface area contributed by atoms with Crippen LogP contribution in [0.15, 0.2) is 52.9 Å². The van der Waals surface area contributed by atoms with Gasteiger partial charge in [-0.05, 0) is 48.6 Å². The van der Waals surface area contributed by atoms with Crippen LogP contribution in [0.2, 0.25) is 0 Å². The van der Waals surface area contributed by atoms with Crippen LogP contribution < -0.4 is 24.8 Å². The Morgan fingerprint density at radius 2 is 1.77 bits per heavy atom. The predicted octanol–water partition coefficient (Wildman–Crippen LogP) is 3.59. The fourth-order valence-corrected chi connectivity index (χ4v) is 3.11. The molecule has 3 N–H and O–H groups in total. The summed E-state index contributed by atoms with van der Waals surface area (Å²) in [6.07, 6.45) is 0. The van der Waals surface area contributed by atoms with Crippen molar-refractivity contribution in [1.29, 1.82) is 0 Å². The summed E-state index contributed by atoms with van der Waals surface area (Å²) < 4.78 is 21.4. The van der Waals surface area contributed by atoms with Gasteiger partial charge in [0.05, 0.1) is 32.5 Å². The van der Waals surface area contributed by atoms with Gasteiger partial charge in [0.1, 0.15) is 35.4 Å². The second-order valence-electron chi connectivity index (χ2n) is 6.31. The average molecular weight is 442 g/mol. The van der Waals surface area contributed by atoms with E-state index in [4.69, 9.17) is 30.8 Å². The number of hydrogen-bond acceptors (Lipinski definition) is 7. The number of furan rings is 1. The molecule has 2 aromatic carbocycles. The summed E-state index contributed by atoms with van der Waals surface area (Å²) in [7, 11) is 4.54. The molecule has 3 aromatic rings. The number of rotatable bonds is 7. The number of carbonyl (C=O) groups is 1. The van der Waals surface area contributed by atoms with E-state index in [2.05, 4.69) is 10.6 Å². The van der Waals surface area contributed by atoms with Crippen molar-refractivity contribution in [3.8, 4) is 28.6 Å². The zero-order valence-electron chi connectivity index (χ0n) is 17.2. The van der Waals surface area contributed by atoms with Crippen molar-refractivity contribution >= 4 is 28.9 Å². The first kappa shape index (κ1) is 22.1. The second-order valence-corrected chi connectivity index (χ2v) is 6.72. The molecule has 1 amide bonds. The lowest BCUT2D eigenvalue weighted by atomic mass is 10.1. The number of nitrogens with one attached hydrogen (secondary N) is 2. The first-order valence-corrected chi connectivity index (χ1v) is 9.62. The maximum absolute atomic E-state index is 12.6. The molecule has 162 valence electrons. The van der Waals surface area contributed by atoms with E-state index in [-0.39, 0.29) is 11.7 Å². The summed E-state index contributed by atoms with van der Waals surface area (Å²) in [5, 5.41) is 14.9. The second kappa shape index (κ2) is 9.96. The van der Waals surface area contributed by atoms with Gasteiger partial charge >= 0.3 is 0 Å². The van der Waals surface area contributed by atoms with Crippen molar-refractivity contribution in [2.45, 2.75) is 6.61 Å². The van der Waals surface area contributed by atoms with Crippen molar-refractivity contribution in [2.75, 3.05) is 26.6 Å². The maximum atomic E-state index is 12.6. The molecular weight excluding hydrogens is 420 g/mol. The topological polar surface area (TPSA) is 102 Å². The number of carbonyl (C=O) groups excluding carboxylic acids is 1. The molecule has 0 saturated heterocycles. The highest BCUT2D eigenvalue weighted by Gasteiger charge is 2.16.